The van der Waals surface area contributed by atoms with Gasteiger partial charge in [-0.25, -0.2) is 0 Å². The van der Waals surface area contributed by atoms with E-state index >= 15 is 0 Å². The van der Waals surface area contributed by atoms with Gasteiger partial charge < -0.3 is 10.2 Å². The summed E-state index contributed by atoms with van der Waals surface area (Å²) in [7, 11) is 0. The van der Waals surface area contributed by atoms with E-state index in [9.17, 15) is 0 Å². The Labute approximate surface area is 130 Å². The van der Waals surface area contributed by atoms with Gasteiger partial charge in [0.15, 0.2) is 0 Å². The molecule has 0 aromatic heterocycles. The molecule has 0 radical (unpaired) electrons. The van der Waals surface area contributed by atoms with Crippen LogP contribution in [0.15, 0.2) is 30.0 Å². The molecule has 21 heavy (non-hydrogen) atoms. The summed E-state index contributed by atoms with van der Waals surface area (Å²) in [4.78, 5) is 2.32. The van der Waals surface area contributed by atoms with Crippen molar-refractivity contribution in [2.24, 2.45) is 5.92 Å². The maximum absolute atomic E-state index is 8.79. The molecule has 0 aliphatic carbocycles. The SMILES string of the molecule is CC1CCCN(c2ccc(Cl)cc2NC=C(C#N)C#N)C1. The number of benzene rings is 1. The second-order valence-electron chi connectivity index (χ2n) is 5.28. The number of rotatable bonds is 3. The normalized spacial score (nSPS) is 17.5. The Hall–Kier alpha value is -2.17. The predicted octanol–water partition coefficient (Wildman–Crippen LogP) is 3.92. The highest BCUT2D eigenvalue weighted by molar-refractivity contribution is 6.31. The Morgan fingerprint density at radius 3 is 2.86 bits per heavy atom. The summed E-state index contributed by atoms with van der Waals surface area (Å²) in [5.74, 6) is 0.659. The summed E-state index contributed by atoms with van der Waals surface area (Å²) in [6, 6.07) is 9.33. The minimum atomic E-state index is 0.0351. The lowest BCUT2D eigenvalue weighted by atomic mass is 9.99. The second kappa shape index (κ2) is 7.02. The van der Waals surface area contributed by atoms with E-state index < -0.39 is 0 Å². The average Bonchev–Trinajstić information content (AvgIpc) is 2.48. The number of halogens is 1. The molecular formula is C16H17ClN4. The van der Waals surface area contributed by atoms with Crippen molar-refractivity contribution in [3.05, 3.63) is 35.0 Å². The quantitative estimate of drug-likeness (QED) is 0.859. The Balaban J connectivity index is 2.28. The van der Waals surface area contributed by atoms with Gasteiger partial charge >= 0.3 is 0 Å². The number of nitrogens with one attached hydrogen (secondary N) is 1. The molecule has 1 saturated heterocycles. The zero-order chi connectivity index (χ0) is 15.2. The first kappa shape index (κ1) is 15.2. The van der Waals surface area contributed by atoms with Gasteiger partial charge in [-0.3, -0.25) is 0 Å². The lowest BCUT2D eigenvalue weighted by molar-refractivity contribution is 0.447. The van der Waals surface area contributed by atoms with Gasteiger partial charge in [0.05, 0.1) is 11.4 Å². The van der Waals surface area contributed by atoms with Crippen LogP contribution in [0.5, 0.6) is 0 Å². The van der Waals surface area contributed by atoms with E-state index in [4.69, 9.17) is 22.1 Å². The van der Waals surface area contributed by atoms with Crippen LogP contribution in [0.3, 0.4) is 0 Å². The first-order valence-electron chi connectivity index (χ1n) is 6.95. The number of piperidine rings is 1. The van der Waals surface area contributed by atoms with Crippen molar-refractivity contribution < 1.29 is 0 Å². The van der Waals surface area contributed by atoms with Gasteiger partial charge in [0.25, 0.3) is 0 Å². The van der Waals surface area contributed by atoms with Crippen molar-refractivity contribution in [3.63, 3.8) is 0 Å². The minimum absolute atomic E-state index is 0.0351. The maximum atomic E-state index is 8.79. The number of hydrogen-bond acceptors (Lipinski definition) is 4. The molecular weight excluding hydrogens is 284 g/mol. The summed E-state index contributed by atoms with van der Waals surface area (Å²) >= 11 is 6.06. The summed E-state index contributed by atoms with van der Waals surface area (Å²) in [6.45, 7) is 4.26. The van der Waals surface area contributed by atoms with Crippen LogP contribution in [0.4, 0.5) is 11.4 Å². The second-order valence-corrected chi connectivity index (χ2v) is 5.72. The monoisotopic (exact) mass is 300 g/mol. The van der Waals surface area contributed by atoms with Crippen molar-refractivity contribution in [1.29, 1.82) is 10.5 Å². The first-order valence-corrected chi connectivity index (χ1v) is 7.33. The van der Waals surface area contributed by atoms with Crippen molar-refractivity contribution in [1.82, 2.24) is 0 Å². The Bertz CT molecular complexity index is 608. The molecule has 1 aromatic carbocycles. The van der Waals surface area contributed by atoms with E-state index in [1.807, 2.05) is 30.3 Å². The molecule has 1 atom stereocenters. The lowest BCUT2D eigenvalue weighted by Gasteiger charge is -2.34. The van der Waals surface area contributed by atoms with Crippen LogP contribution in [0.25, 0.3) is 0 Å². The number of allylic oxidation sites excluding steroid dienone is 1. The van der Waals surface area contributed by atoms with Crippen LogP contribution in [-0.4, -0.2) is 13.1 Å². The van der Waals surface area contributed by atoms with Gasteiger partial charge in [-0.05, 0) is 37.0 Å². The molecule has 4 nitrogen and oxygen atoms in total. The Morgan fingerprint density at radius 1 is 1.43 bits per heavy atom. The molecule has 1 N–H and O–H groups in total. The van der Waals surface area contributed by atoms with Gasteiger partial charge in [0, 0.05) is 24.3 Å². The third-order valence-corrected chi connectivity index (χ3v) is 3.80. The highest BCUT2D eigenvalue weighted by Crippen LogP contribution is 2.32. The zero-order valence-corrected chi connectivity index (χ0v) is 12.7. The Morgan fingerprint density at radius 2 is 2.19 bits per heavy atom. The van der Waals surface area contributed by atoms with E-state index in [0.717, 1.165) is 24.5 Å². The summed E-state index contributed by atoms with van der Waals surface area (Å²) in [6.07, 6.45) is 3.84. The molecule has 0 spiro atoms. The number of nitriles is 2. The molecule has 1 aliphatic heterocycles. The van der Waals surface area contributed by atoms with Crippen LogP contribution in [0.2, 0.25) is 5.02 Å². The van der Waals surface area contributed by atoms with Crippen molar-refractivity contribution >= 4 is 23.0 Å². The molecule has 0 bridgehead atoms. The summed E-state index contributed by atoms with van der Waals surface area (Å²) in [5, 5.41) is 21.2. The number of hydrogen-bond donors (Lipinski definition) is 1. The van der Waals surface area contributed by atoms with Gasteiger partial charge in [0.2, 0.25) is 0 Å². The fourth-order valence-electron chi connectivity index (χ4n) is 2.55. The molecule has 1 aliphatic rings. The smallest absolute Gasteiger partial charge is 0.145 e. The third-order valence-electron chi connectivity index (χ3n) is 3.57. The van der Waals surface area contributed by atoms with Gasteiger partial charge in [0.1, 0.15) is 17.7 Å². The number of anilines is 2. The molecule has 2 rings (SSSR count). The van der Waals surface area contributed by atoms with Crippen molar-refractivity contribution in [2.45, 2.75) is 19.8 Å². The van der Waals surface area contributed by atoms with E-state index in [2.05, 4.69) is 17.1 Å². The number of nitrogens with zero attached hydrogens (tertiary/aromatic N) is 3. The van der Waals surface area contributed by atoms with Gasteiger partial charge in [-0.1, -0.05) is 18.5 Å². The van der Waals surface area contributed by atoms with Crippen LogP contribution < -0.4 is 10.2 Å². The largest absolute Gasteiger partial charge is 0.370 e. The maximum Gasteiger partial charge on any atom is 0.145 e. The van der Waals surface area contributed by atoms with E-state index in [1.54, 1.807) is 0 Å². The predicted molar refractivity (Wildman–Crippen MR) is 85.0 cm³/mol. The summed E-state index contributed by atoms with van der Waals surface area (Å²) in [5.41, 5.74) is 1.91. The average molecular weight is 301 g/mol. The van der Waals surface area contributed by atoms with Gasteiger partial charge in [-0.15, -0.1) is 0 Å². The molecule has 0 saturated carbocycles. The van der Waals surface area contributed by atoms with Crippen LogP contribution in [0, 0.1) is 28.6 Å². The highest BCUT2D eigenvalue weighted by atomic mass is 35.5. The van der Waals surface area contributed by atoms with E-state index in [1.165, 1.54) is 19.0 Å². The standard InChI is InChI=1S/C16H17ClN4/c1-12-3-2-6-21(11-12)16-5-4-14(17)7-15(16)20-10-13(8-18)9-19/h4-5,7,10,12,20H,2-3,6,11H2,1H3. The Kier molecular flexibility index (Phi) is 5.09. The molecule has 108 valence electrons. The molecule has 1 unspecified atom stereocenters. The fraction of sp³-hybridized carbons (Fsp3) is 0.375. The van der Waals surface area contributed by atoms with Crippen LogP contribution in [0.1, 0.15) is 19.8 Å². The summed E-state index contributed by atoms with van der Waals surface area (Å²) < 4.78 is 0. The topological polar surface area (TPSA) is 62.9 Å². The molecule has 1 heterocycles. The molecule has 1 fully saturated rings. The molecule has 0 amide bonds. The zero-order valence-electron chi connectivity index (χ0n) is 11.9. The van der Waals surface area contributed by atoms with Crippen LogP contribution >= 0.6 is 11.6 Å². The van der Waals surface area contributed by atoms with Crippen LogP contribution in [-0.2, 0) is 0 Å². The first-order chi connectivity index (χ1) is 10.1. The van der Waals surface area contributed by atoms with Crippen molar-refractivity contribution in [3.8, 4) is 12.1 Å². The third kappa shape index (κ3) is 3.90. The highest BCUT2D eigenvalue weighted by Gasteiger charge is 2.19. The van der Waals surface area contributed by atoms with Crippen molar-refractivity contribution in [2.75, 3.05) is 23.3 Å². The van der Waals surface area contributed by atoms with E-state index in [0.29, 0.717) is 10.9 Å². The van der Waals surface area contributed by atoms with Gasteiger partial charge in [-0.2, -0.15) is 10.5 Å². The molecule has 1 aromatic rings. The fourth-order valence-corrected chi connectivity index (χ4v) is 2.72. The minimum Gasteiger partial charge on any atom is -0.370 e. The van der Waals surface area contributed by atoms with E-state index in [-0.39, 0.29) is 5.57 Å². The molecule has 5 heteroatoms. The lowest BCUT2D eigenvalue weighted by Crippen LogP contribution is -2.34.